The molecule has 0 radical (unpaired) electrons. The van der Waals surface area contributed by atoms with Gasteiger partial charge in [-0.25, -0.2) is 4.79 Å². The Kier molecular flexibility index (Phi) is 5.06. The van der Waals surface area contributed by atoms with Gasteiger partial charge in [0, 0.05) is 10.6 Å². The molecule has 0 aliphatic carbocycles. The van der Waals surface area contributed by atoms with Crippen LogP contribution < -0.4 is 10.4 Å². The number of carbonyl (C=O) groups excluding carboxylic acids is 1. The van der Waals surface area contributed by atoms with Gasteiger partial charge in [-0.2, -0.15) is 0 Å². The van der Waals surface area contributed by atoms with Gasteiger partial charge in [-0.15, -0.1) is 11.8 Å². The van der Waals surface area contributed by atoms with E-state index in [0.717, 1.165) is 16.5 Å². The van der Waals surface area contributed by atoms with E-state index in [4.69, 9.17) is 5.11 Å². The highest BCUT2D eigenvalue weighted by Crippen LogP contribution is 2.21. The Bertz CT molecular complexity index is 698. The highest BCUT2D eigenvalue weighted by Gasteiger charge is 2.08. The van der Waals surface area contributed by atoms with Crippen molar-refractivity contribution in [1.82, 2.24) is 0 Å². The van der Waals surface area contributed by atoms with Crippen LogP contribution in [0.25, 0.3) is 0 Å². The number of nitrogens with one attached hydrogen (secondary N) is 1. The maximum atomic E-state index is 11.9. The molecular formula is C16H14NO4S-. The van der Waals surface area contributed by atoms with E-state index in [0.29, 0.717) is 5.69 Å². The minimum atomic E-state index is -1.31. The third kappa shape index (κ3) is 4.26. The van der Waals surface area contributed by atoms with Gasteiger partial charge in [0.05, 0.1) is 11.3 Å². The SMILES string of the molecule is Cc1ccc(SCC(=O)Nc2ccc([O-])c(C(=O)O)c2)cc1. The molecule has 0 aliphatic rings. The van der Waals surface area contributed by atoms with Crippen LogP contribution in [0.5, 0.6) is 5.75 Å². The summed E-state index contributed by atoms with van der Waals surface area (Å²) in [6.45, 7) is 1.99. The topological polar surface area (TPSA) is 89.5 Å². The Labute approximate surface area is 132 Å². The number of carboxylic acid groups (broad SMARTS) is 1. The molecule has 2 N–H and O–H groups in total. The van der Waals surface area contributed by atoms with Crippen LogP contribution in [-0.2, 0) is 4.79 Å². The second-order valence-corrected chi connectivity index (χ2v) is 5.71. The molecule has 5 nitrogen and oxygen atoms in total. The van der Waals surface area contributed by atoms with Gasteiger partial charge in [-0.1, -0.05) is 29.5 Å². The van der Waals surface area contributed by atoms with Crippen LogP contribution in [0.4, 0.5) is 5.69 Å². The number of anilines is 1. The van der Waals surface area contributed by atoms with Crippen LogP contribution in [0.1, 0.15) is 15.9 Å². The van der Waals surface area contributed by atoms with Gasteiger partial charge in [0.25, 0.3) is 0 Å². The molecule has 1 amide bonds. The van der Waals surface area contributed by atoms with Gasteiger partial charge < -0.3 is 15.5 Å². The zero-order valence-corrected chi connectivity index (χ0v) is 12.6. The smallest absolute Gasteiger partial charge is 0.335 e. The predicted molar refractivity (Wildman–Crippen MR) is 83.4 cm³/mol. The molecule has 2 aromatic carbocycles. The lowest BCUT2D eigenvalue weighted by Gasteiger charge is -2.12. The van der Waals surface area contributed by atoms with Crippen LogP contribution >= 0.6 is 11.8 Å². The molecule has 0 saturated carbocycles. The molecule has 0 heterocycles. The molecule has 0 atom stereocenters. The highest BCUT2D eigenvalue weighted by molar-refractivity contribution is 8.00. The number of aryl methyl sites for hydroxylation is 1. The lowest BCUT2D eigenvalue weighted by Crippen LogP contribution is -2.15. The number of amides is 1. The van der Waals surface area contributed by atoms with E-state index in [1.165, 1.54) is 23.9 Å². The van der Waals surface area contributed by atoms with Crippen molar-refractivity contribution in [2.24, 2.45) is 0 Å². The summed E-state index contributed by atoms with van der Waals surface area (Å²) in [6.07, 6.45) is 0. The Morgan fingerprint density at radius 1 is 1.18 bits per heavy atom. The maximum Gasteiger partial charge on any atom is 0.335 e. The summed E-state index contributed by atoms with van der Waals surface area (Å²) in [5, 5.41) is 22.8. The van der Waals surface area contributed by atoms with Crippen molar-refractivity contribution in [3.05, 3.63) is 53.6 Å². The van der Waals surface area contributed by atoms with Gasteiger partial charge >= 0.3 is 5.97 Å². The Morgan fingerprint density at radius 2 is 1.86 bits per heavy atom. The zero-order valence-electron chi connectivity index (χ0n) is 11.8. The number of thioether (sulfide) groups is 1. The number of aromatic carboxylic acids is 1. The molecule has 0 unspecified atom stereocenters. The van der Waals surface area contributed by atoms with E-state index >= 15 is 0 Å². The van der Waals surface area contributed by atoms with Crippen LogP contribution in [-0.4, -0.2) is 22.7 Å². The summed E-state index contributed by atoms with van der Waals surface area (Å²) in [5.41, 5.74) is 1.09. The maximum absolute atomic E-state index is 11.9. The second kappa shape index (κ2) is 7.00. The van der Waals surface area contributed by atoms with E-state index in [1.54, 1.807) is 0 Å². The molecule has 2 rings (SSSR count). The van der Waals surface area contributed by atoms with Crippen LogP contribution in [0.3, 0.4) is 0 Å². The van der Waals surface area contributed by atoms with Crippen molar-refractivity contribution in [3.8, 4) is 5.75 Å². The lowest BCUT2D eigenvalue weighted by molar-refractivity contribution is -0.268. The average Bonchev–Trinajstić information content (AvgIpc) is 2.48. The molecule has 0 aromatic heterocycles. The number of rotatable bonds is 5. The number of carbonyl (C=O) groups is 2. The quantitative estimate of drug-likeness (QED) is 0.827. The van der Waals surface area contributed by atoms with Crippen molar-refractivity contribution < 1.29 is 19.8 Å². The first-order valence-electron chi connectivity index (χ1n) is 6.49. The lowest BCUT2D eigenvalue weighted by atomic mass is 10.2. The van der Waals surface area contributed by atoms with E-state index < -0.39 is 11.7 Å². The van der Waals surface area contributed by atoms with Gasteiger partial charge in [0.2, 0.25) is 5.91 Å². The first-order chi connectivity index (χ1) is 10.5. The third-order valence-electron chi connectivity index (χ3n) is 2.88. The molecular weight excluding hydrogens is 302 g/mol. The number of hydrogen-bond acceptors (Lipinski definition) is 4. The summed E-state index contributed by atoms with van der Waals surface area (Å²) in [7, 11) is 0. The molecule has 0 spiro atoms. The normalized spacial score (nSPS) is 10.2. The standard InChI is InChI=1S/C16H15NO4S/c1-10-2-5-12(6-3-10)22-9-15(19)17-11-4-7-14(18)13(8-11)16(20)21/h2-8,18H,9H2,1H3,(H,17,19)(H,20,21)/p-1. The summed E-state index contributed by atoms with van der Waals surface area (Å²) in [6, 6.07) is 11.5. The van der Waals surface area contributed by atoms with Gasteiger partial charge in [-0.05, 0) is 31.2 Å². The second-order valence-electron chi connectivity index (χ2n) is 4.67. The largest absolute Gasteiger partial charge is 0.872 e. The fraction of sp³-hybridized carbons (Fsp3) is 0.125. The molecule has 114 valence electrons. The molecule has 22 heavy (non-hydrogen) atoms. The Morgan fingerprint density at radius 3 is 2.50 bits per heavy atom. The summed E-state index contributed by atoms with van der Waals surface area (Å²) in [5.74, 6) is -1.96. The minimum absolute atomic E-state index is 0.199. The first-order valence-corrected chi connectivity index (χ1v) is 7.48. The number of carboxylic acids is 1. The molecule has 0 aliphatic heterocycles. The molecule has 0 saturated heterocycles. The Balaban J connectivity index is 1.96. The van der Waals surface area contributed by atoms with E-state index in [-0.39, 0.29) is 17.2 Å². The van der Waals surface area contributed by atoms with E-state index in [1.807, 2.05) is 31.2 Å². The average molecular weight is 316 g/mol. The van der Waals surface area contributed by atoms with Crippen LogP contribution in [0.15, 0.2) is 47.4 Å². The molecule has 2 aromatic rings. The predicted octanol–water partition coefficient (Wildman–Crippen LogP) is 2.50. The monoisotopic (exact) mass is 316 g/mol. The van der Waals surface area contributed by atoms with Crippen LogP contribution in [0.2, 0.25) is 0 Å². The first kappa shape index (κ1) is 15.9. The number of hydrogen-bond donors (Lipinski definition) is 2. The van der Waals surface area contributed by atoms with Gasteiger partial charge in [0.15, 0.2) is 0 Å². The summed E-state index contributed by atoms with van der Waals surface area (Å²) in [4.78, 5) is 23.7. The van der Waals surface area contributed by atoms with Crippen molar-refractivity contribution >= 4 is 29.3 Å². The summed E-state index contributed by atoms with van der Waals surface area (Å²) >= 11 is 1.38. The summed E-state index contributed by atoms with van der Waals surface area (Å²) < 4.78 is 0. The van der Waals surface area contributed by atoms with Gasteiger partial charge in [-0.3, -0.25) is 4.79 Å². The molecule has 0 bridgehead atoms. The minimum Gasteiger partial charge on any atom is -0.872 e. The van der Waals surface area contributed by atoms with E-state index in [9.17, 15) is 14.7 Å². The van der Waals surface area contributed by atoms with Crippen molar-refractivity contribution in [1.29, 1.82) is 0 Å². The zero-order chi connectivity index (χ0) is 16.1. The molecule has 6 heteroatoms. The van der Waals surface area contributed by atoms with Crippen molar-refractivity contribution in [3.63, 3.8) is 0 Å². The highest BCUT2D eigenvalue weighted by atomic mass is 32.2. The number of benzene rings is 2. The van der Waals surface area contributed by atoms with Gasteiger partial charge in [0.1, 0.15) is 0 Å². The van der Waals surface area contributed by atoms with Crippen LogP contribution in [0, 0.1) is 6.92 Å². The van der Waals surface area contributed by atoms with Crippen molar-refractivity contribution in [2.75, 3.05) is 11.1 Å². The fourth-order valence-corrected chi connectivity index (χ4v) is 2.45. The Hall–Kier alpha value is -2.47. The fourth-order valence-electron chi connectivity index (χ4n) is 1.76. The molecule has 0 fully saturated rings. The van der Waals surface area contributed by atoms with Crippen molar-refractivity contribution in [2.45, 2.75) is 11.8 Å². The third-order valence-corrected chi connectivity index (χ3v) is 3.90. The van der Waals surface area contributed by atoms with E-state index in [2.05, 4.69) is 5.32 Å².